The van der Waals surface area contributed by atoms with Crippen LogP contribution in [0.5, 0.6) is 0 Å². The molecule has 1 N–H and O–H groups in total. The monoisotopic (exact) mass is 389 g/mol. The molecule has 1 aromatic carbocycles. The van der Waals surface area contributed by atoms with E-state index in [2.05, 4.69) is 16.3 Å². The minimum absolute atomic E-state index is 0.0221. The Morgan fingerprint density at radius 3 is 2.70 bits per heavy atom. The molecule has 0 saturated carbocycles. The number of rotatable bonds is 3. The first kappa shape index (κ1) is 18.7. The summed E-state index contributed by atoms with van der Waals surface area (Å²) in [5.74, 6) is -0.145. The number of carbonyl (C=O) groups is 1. The van der Waals surface area contributed by atoms with Crippen molar-refractivity contribution in [3.05, 3.63) is 34.9 Å². The van der Waals surface area contributed by atoms with Crippen LogP contribution in [-0.2, 0) is 14.3 Å². The number of nitrogens with one attached hydrogen (secondary N) is 1. The average Bonchev–Trinajstić information content (AvgIpc) is 3.10. The average molecular weight is 390 g/mol. The lowest BCUT2D eigenvalue weighted by Gasteiger charge is -2.35. The molecule has 0 unspecified atom stereocenters. The van der Waals surface area contributed by atoms with Gasteiger partial charge in [0.15, 0.2) is 0 Å². The normalized spacial score (nSPS) is 30.3. The van der Waals surface area contributed by atoms with Crippen LogP contribution in [0.25, 0.3) is 0 Å². The summed E-state index contributed by atoms with van der Waals surface area (Å²) in [6, 6.07) is 10.4. The van der Waals surface area contributed by atoms with Crippen molar-refractivity contribution in [3.63, 3.8) is 0 Å². The van der Waals surface area contributed by atoms with Gasteiger partial charge in [-0.3, -0.25) is 9.69 Å². The fourth-order valence-electron chi connectivity index (χ4n) is 4.29. The van der Waals surface area contributed by atoms with E-state index in [1.165, 1.54) is 0 Å². The van der Waals surface area contributed by atoms with Crippen molar-refractivity contribution >= 4 is 17.5 Å². The molecule has 27 heavy (non-hydrogen) atoms. The lowest BCUT2D eigenvalue weighted by atomic mass is 9.80. The summed E-state index contributed by atoms with van der Waals surface area (Å²) in [6.45, 7) is 3.18. The van der Waals surface area contributed by atoms with Gasteiger partial charge in [0.2, 0.25) is 5.91 Å². The van der Waals surface area contributed by atoms with Crippen LogP contribution < -0.4 is 5.32 Å². The number of benzene rings is 1. The predicted octanol–water partition coefficient (Wildman–Crippen LogP) is 2.29. The molecule has 0 spiro atoms. The molecule has 3 fully saturated rings. The largest absolute Gasteiger partial charge is 0.381 e. The minimum Gasteiger partial charge on any atom is -0.381 e. The number of carbonyl (C=O) groups excluding carboxylic acids is 1. The number of amides is 1. The van der Waals surface area contributed by atoms with Crippen LogP contribution >= 0.6 is 11.6 Å². The van der Waals surface area contributed by atoms with E-state index in [1.54, 1.807) is 0 Å². The van der Waals surface area contributed by atoms with Gasteiger partial charge in [0.1, 0.15) is 5.41 Å². The van der Waals surface area contributed by atoms with Crippen LogP contribution in [0.2, 0.25) is 5.02 Å². The van der Waals surface area contributed by atoms with Crippen molar-refractivity contribution in [2.45, 2.75) is 37.5 Å². The highest BCUT2D eigenvalue weighted by molar-refractivity contribution is 6.30. The smallest absolute Gasteiger partial charge is 0.240 e. The van der Waals surface area contributed by atoms with E-state index in [4.69, 9.17) is 21.1 Å². The highest BCUT2D eigenvalue weighted by atomic mass is 35.5. The molecule has 144 valence electrons. The van der Waals surface area contributed by atoms with E-state index in [0.717, 1.165) is 30.1 Å². The predicted molar refractivity (Wildman–Crippen MR) is 100 cm³/mol. The van der Waals surface area contributed by atoms with Crippen molar-refractivity contribution in [2.24, 2.45) is 5.41 Å². The minimum atomic E-state index is -0.941. The summed E-state index contributed by atoms with van der Waals surface area (Å²) in [4.78, 5) is 15.2. The maximum absolute atomic E-state index is 12.8. The molecule has 3 atom stereocenters. The van der Waals surface area contributed by atoms with Crippen LogP contribution in [0.15, 0.2) is 24.3 Å². The van der Waals surface area contributed by atoms with Crippen LogP contribution in [0, 0.1) is 16.7 Å². The quantitative estimate of drug-likeness (QED) is 0.858. The number of morpholine rings is 1. The summed E-state index contributed by atoms with van der Waals surface area (Å²) in [5, 5.41) is 13.4. The van der Waals surface area contributed by atoms with Gasteiger partial charge in [-0.2, -0.15) is 5.26 Å². The van der Waals surface area contributed by atoms with E-state index in [-0.39, 0.29) is 18.1 Å². The lowest BCUT2D eigenvalue weighted by molar-refractivity contribution is -0.133. The van der Waals surface area contributed by atoms with E-state index >= 15 is 0 Å². The summed E-state index contributed by atoms with van der Waals surface area (Å²) >= 11 is 5.97. The van der Waals surface area contributed by atoms with Gasteiger partial charge in [0, 0.05) is 43.4 Å². The van der Waals surface area contributed by atoms with E-state index in [9.17, 15) is 10.1 Å². The van der Waals surface area contributed by atoms with Crippen molar-refractivity contribution in [3.8, 4) is 6.07 Å². The second-order valence-corrected chi connectivity index (χ2v) is 8.13. The SMILES string of the molecule is N#CC1(C(=O)N[C@@H]2C[C@H]3CO[C@@H](c4ccc(Cl)cc4)CN3C2)CCOCC1. The maximum Gasteiger partial charge on any atom is 0.240 e. The maximum atomic E-state index is 12.8. The molecule has 0 bridgehead atoms. The van der Waals surface area contributed by atoms with Crippen LogP contribution in [0.1, 0.15) is 30.9 Å². The zero-order chi connectivity index (χ0) is 18.9. The molecular formula is C20H24ClN3O3. The van der Waals surface area contributed by atoms with E-state index in [1.807, 2.05) is 24.3 Å². The molecular weight excluding hydrogens is 366 g/mol. The van der Waals surface area contributed by atoms with Crippen molar-refractivity contribution in [1.82, 2.24) is 10.2 Å². The number of hydrogen-bond acceptors (Lipinski definition) is 5. The molecule has 1 amide bonds. The van der Waals surface area contributed by atoms with Gasteiger partial charge in [-0.25, -0.2) is 0 Å². The highest BCUT2D eigenvalue weighted by Gasteiger charge is 2.44. The number of nitriles is 1. The van der Waals surface area contributed by atoms with Crippen molar-refractivity contribution in [1.29, 1.82) is 5.26 Å². The Bertz CT molecular complexity index is 727. The molecule has 4 rings (SSSR count). The van der Waals surface area contributed by atoms with Crippen molar-refractivity contribution < 1.29 is 14.3 Å². The third kappa shape index (κ3) is 3.83. The Morgan fingerprint density at radius 2 is 2.00 bits per heavy atom. The molecule has 1 aromatic rings. The molecule has 6 nitrogen and oxygen atoms in total. The van der Waals surface area contributed by atoms with E-state index < -0.39 is 5.41 Å². The van der Waals surface area contributed by atoms with Gasteiger partial charge in [-0.15, -0.1) is 0 Å². The molecule has 0 radical (unpaired) electrons. The topological polar surface area (TPSA) is 74.6 Å². The summed E-state index contributed by atoms with van der Waals surface area (Å²) in [5.41, 5.74) is 0.180. The van der Waals surface area contributed by atoms with Gasteiger partial charge in [0.25, 0.3) is 0 Å². The summed E-state index contributed by atoms with van der Waals surface area (Å²) < 4.78 is 11.4. The Morgan fingerprint density at radius 1 is 1.26 bits per heavy atom. The van der Waals surface area contributed by atoms with Gasteiger partial charge in [-0.1, -0.05) is 23.7 Å². The second kappa shape index (κ2) is 7.76. The second-order valence-electron chi connectivity index (χ2n) is 7.69. The number of fused-ring (bicyclic) bond motifs is 1. The Labute approximate surface area is 164 Å². The van der Waals surface area contributed by atoms with Crippen molar-refractivity contribution in [2.75, 3.05) is 32.9 Å². The molecule has 7 heteroatoms. The number of hydrogen-bond donors (Lipinski definition) is 1. The van der Waals surface area contributed by atoms with Gasteiger partial charge >= 0.3 is 0 Å². The molecule has 3 heterocycles. The molecule has 0 aromatic heterocycles. The van der Waals surface area contributed by atoms with Gasteiger partial charge < -0.3 is 14.8 Å². The number of halogens is 1. The van der Waals surface area contributed by atoms with Crippen LogP contribution in [0.4, 0.5) is 0 Å². The van der Waals surface area contributed by atoms with Crippen LogP contribution in [-0.4, -0.2) is 55.8 Å². The fourth-order valence-corrected chi connectivity index (χ4v) is 4.42. The zero-order valence-electron chi connectivity index (χ0n) is 15.2. The highest BCUT2D eigenvalue weighted by Crippen LogP contribution is 2.33. The van der Waals surface area contributed by atoms with Gasteiger partial charge in [0.05, 0.1) is 18.8 Å². The summed E-state index contributed by atoms with van der Waals surface area (Å²) in [6.07, 6.45) is 1.82. The summed E-state index contributed by atoms with van der Waals surface area (Å²) in [7, 11) is 0. The molecule has 3 aliphatic rings. The Balaban J connectivity index is 1.36. The Hall–Kier alpha value is -1.65. The fraction of sp³-hybridized carbons (Fsp3) is 0.600. The standard InChI is InChI=1S/C20H24ClN3O3/c21-15-3-1-14(2-4-15)18-11-24-10-16(9-17(24)12-27-18)23-19(25)20(13-22)5-7-26-8-6-20/h1-4,16-18H,5-12H2,(H,23,25)/t16-,17+,18-/m1/s1. The molecule has 3 saturated heterocycles. The zero-order valence-corrected chi connectivity index (χ0v) is 16.0. The lowest BCUT2D eigenvalue weighted by Crippen LogP contribution is -2.48. The molecule has 0 aliphatic carbocycles. The first-order chi connectivity index (χ1) is 13.1. The van der Waals surface area contributed by atoms with Crippen LogP contribution in [0.3, 0.4) is 0 Å². The third-order valence-electron chi connectivity index (χ3n) is 5.99. The first-order valence-electron chi connectivity index (χ1n) is 9.51. The number of nitrogens with zero attached hydrogens (tertiary/aromatic N) is 2. The van der Waals surface area contributed by atoms with E-state index in [0.29, 0.717) is 38.7 Å². The number of ether oxygens (including phenoxy) is 2. The van der Waals surface area contributed by atoms with Gasteiger partial charge in [-0.05, 0) is 37.0 Å². The first-order valence-corrected chi connectivity index (χ1v) is 9.88. The Kier molecular flexibility index (Phi) is 5.38. The molecule has 3 aliphatic heterocycles. The third-order valence-corrected chi connectivity index (χ3v) is 6.24.